The second kappa shape index (κ2) is 3.92. The highest BCUT2D eigenvalue weighted by molar-refractivity contribution is 5.44. The van der Waals surface area contributed by atoms with Gasteiger partial charge in [0.15, 0.2) is 0 Å². The van der Waals surface area contributed by atoms with E-state index in [1.165, 1.54) is 0 Å². The molecule has 1 heterocycles. The summed E-state index contributed by atoms with van der Waals surface area (Å²) in [6, 6.07) is 10.1. The highest BCUT2D eigenvalue weighted by Gasteiger charge is 2.36. The Balaban J connectivity index is 2.48. The van der Waals surface area contributed by atoms with Gasteiger partial charge in [-0.2, -0.15) is 5.26 Å². The molecule has 0 bridgehead atoms. The van der Waals surface area contributed by atoms with E-state index in [9.17, 15) is 5.26 Å². The van der Waals surface area contributed by atoms with Crippen LogP contribution in [0.4, 0.5) is 0 Å². The van der Waals surface area contributed by atoms with Crippen LogP contribution in [0, 0.1) is 11.3 Å². The van der Waals surface area contributed by atoms with Gasteiger partial charge in [0, 0.05) is 12.0 Å². The monoisotopic (exact) mass is 202 g/mol. The Morgan fingerprint density at radius 1 is 1.53 bits per heavy atom. The van der Waals surface area contributed by atoms with Crippen LogP contribution in [-0.2, 0) is 5.54 Å². The van der Waals surface area contributed by atoms with Gasteiger partial charge in [0.2, 0.25) is 0 Å². The number of hydrogen-bond acceptors (Lipinski definition) is 3. The number of hydrogen-bond donors (Lipinski definition) is 1. The molecule has 1 aromatic carbocycles. The van der Waals surface area contributed by atoms with Gasteiger partial charge in [-0.15, -0.1) is 0 Å². The van der Waals surface area contributed by atoms with Crippen LogP contribution >= 0.6 is 0 Å². The standard InChI is InChI=1S/C12H14N2O/c1-2-14-12(9-13)7-8-15-11-6-4-3-5-10(11)12/h3-6,14H,2,7-8H2,1H3. The van der Waals surface area contributed by atoms with E-state index in [0.717, 1.165) is 17.9 Å². The molecular formula is C12H14N2O. The molecular weight excluding hydrogens is 188 g/mol. The Bertz CT molecular complexity index is 397. The van der Waals surface area contributed by atoms with E-state index in [1.54, 1.807) is 0 Å². The van der Waals surface area contributed by atoms with Crippen molar-refractivity contribution in [2.75, 3.05) is 13.2 Å². The van der Waals surface area contributed by atoms with Crippen LogP contribution in [0.25, 0.3) is 0 Å². The van der Waals surface area contributed by atoms with E-state index < -0.39 is 5.54 Å². The van der Waals surface area contributed by atoms with Crippen molar-refractivity contribution in [2.45, 2.75) is 18.9 Å². The van der Waals surface area contributed by atoms with Gasteiger partial charge in [-0.3, -0.25) is 5.32 Å². The molecule has 3 nitrogen and oxygen atoms in total. The van der Waals surface area contributed by atoms with Crippen molar-refractivity contribution < 1.29 is 4.74 Å². The largest absolute Gasteiger partial charge is 0.493 e. The summed E-state index contributed by atoms with van der Waals surface area (Å²) in [4.78, 5) is 0. The van der Waals surface area contributed by atoms with Crippen LogP contribution < -0.4 is 10.1 Å². The molecule has 0 aromatic heterocycles. The minimum atomic E-state index is -0.566. The van der Waals surface area contributed by atoms with Gasteiger partial charge >= 0.3 is 0 Å². The molecule has 2 rings (SSSR count). The number of nitrogens with zero attached hydrogens (tertiary/aromatic N) is 1. The summed E-state index contributed by atoms with van der Waals surface area (Å²) in [5.41, 5.74) is 0.393. The number of fused-ring (bicyclic) bond motifs is 1. The van der Waals surface area contributed by atoms with Crippen molar-refractivity contribution in [1.82, 2.24) is 5.32 Å². The van der Waals surface area contributed by atoms with Crippen LogP contribution in [0.2, 0.25) is 0 Å². The third-order valence-electron chi connectivity index (χ3n) is 2.75. The molecule has 0 spiro atoms. The zero-order valence-corrected chi connectivity index (χ0v) is 8.79. The lowest BCUT2D eigenvalue weighted by molar-refractivity contribution is 0.222. The third kappa shape index (κ3) is 1.57. The predicted octanol–water partition coefficient (Wildman–Crippen LogP) is 1.80. The Morgan fingerprint density at radius 2 is 2.33 bits per heavy atom. The molecule has 1 aromatic rings. The van der Waals surface area contributed by atoms with Gasteiger partial charge in [0.25, 0.3) is 0 Å². The number of nitriles is 1. The zero-order chi connectivity index (χ0) is 10.7. The Kier molecular flexibility index (Phi) is 2.61. The Hall–Kier alpha value is -1.53. The SMILES string of the molecule is CCNC1(C#N)CCOc2ccccc21. The number of nitrogens with one attached hydrogen (secondary N) is 1. The highest BCUT2D eigenvalue weighted by atomic mass is 16.5. The molecule has 1 N–H and O–H groups in total. The molecule has 0 radical (unpaired) electrons. The van der Waals surface area contributed by atoms with Gasteiger partial charge < -0.3 is 4.74 Å². The molecule has 1 unspecified atom stereocenters. The van der Waals surface area contributed by atoms with Crippen molar-refractivity contribution in [2.24, 2.45) is 0 Å². The van der Waals surface area contributed by atoms with Crippen molar-refractivity contribution >= 4 is 0 Å². The first-order valence-corrected chi connectivity index (χ1v) is 5.21. The molecule has 0 aliphatic carbocycles. The van der Waals surface area contributed by atoms with Crippen LogP contribution in [0.1, 0.15) is 18.9 Å². The molecule has 15 heavy (non-hydrogen) atoms. The molecule has 3 heteroatoms. The number of rotatable bonds is 2. The van der Waals surface area contributed by atoms with Gasteiger partial charge in [0.05, 0.1) is 12.7 Å². The molecule has 0 saturated heterocycles. The van der Waals surface area contributed by atoms with Crippen LogP contribution in [-0.4, -0.2) is 13.2 Å². The van der Waals surface area contributed by atoms with Gasteiger partial charge in [0.1, 0.15) is 11.3 Å². The van der Waals surface area contributed by atoms with Crippen LogP contribution in [0.15, 0.2) is 24.3 Å². The Labute approximate surface area is 89.7 Å². The average molecular weight is 202 g/mol. The maximum Gasteiger partial charge on any atom is 0.139 e. The van der Waals surface area contributed by atoms with E-state index >= 15 is 0 Å². The predicted molar refractivity (Wildman–Crippen MR) is 57.5 cm³/mol. The summed E-state index contributed by atoms with van der Waals surface area (Å²) < 4.78 is 5.54. The first kappa shape index (κ1) is 10.0. The molecule has 0 saturated carbocycles. The summed E-state index contributed by atoms with van der Waals surface area (Å²) in [5, 5.41) is 12.6. The molecule has 1 aliphatic rings. The molecule has 0 amide bonds. The van der Waals surface area contributed by atoms with E-state index in [-0.39, 0.29) is 0 Å². The van der Waals surface area contributed by atoms with Crippen LogP contribution in [0.5, 0.6) is 5.75 Å². The number of para-hydroxylation sites is 1. The van der Waals surface area contributed by atoms with Crippen molar-refractivity contribution in [3.05, 3.63) is 29.8 Å². The first-order chi connectivity index (χ1) is 7.32. The van der Waals surface area contributed by atoms with E-state index in [1.807, 2.05) is 31.2 Å². The maximum absolute atomic E-state index is 9.35. The fourth-order valence-corrected chi connectivity index (χ4v) is 2.03. The normalized spacial score (nSPS) is 23.7. The second-order valence-corrected chi connectivity index (χ2v) is 3.64. The summed E-state index contributed by atoms with van der Waals surface area (Å²) in [6.45, 7) is 3.39. The summed E-state index contributed by atoms with van der Waals surface area (Å²) in [5.74, 6) is 0.825. The molecule has 1 aliphatic heterocycles. The molecule has 0 fully saturated rings. The lowest BCUT2D eigenvalue weighted by atomic mass is 9.86. The molecule has 1 atom stereocenters. The summed E-state index contributed by atoms with van der Waals surface area (Å²) in [7, 11) is 0. The molecule has 78 valence electrons. The van der Waals surface area contributed by atoms with Gasteiger partial charge in [-0.05, 0) is 12.6 Å². The van der Waals surface area contributed by atoms with E-state index in [4.69, 9.17) is 4.74 Å². The quantitative estimate of drug-likeness (QED) is 0.795. The first-order valence-electron chi connectivity index (χ1n) is 5.21. The summed E-state index contributed by atoms with van der Waals surface area (Å²) >= 11 is 0. The summed E-state index contributed by atoms with van der Waals surface area (Å²) in [6.07, 6.45) is 0.703. The fraction of sp³-hybridized carbons (Fsp3) is 0.417. The van der Waals surface area contributed by atoms with E-state index in [2.05, 4.69) is 11.4 Å². The number of benzene rings is 1. The smallest absolute Gasteiger partial charge is 0.139 e. The van der Waals surface area contributed by atoms with Crippen LogP contribution in [0.3, 0.4) is 0 Å². The lowest BCUT2D eigenvalue weighted by Gasteiger charge is -2.33. The topological polar surface area (TPSA) is 45.0 Å². The Morgan fingerprint density at radius 3 is 3.07 bits per heavy atom. The van der Waals surface area contributed by atoms with Crippen molar-refractivity contribution in [3.63, 3.8) is 0 Å². The maximum atomic E-state index is 9.35. The second-order valence-electron chi connectivity index (χ2n) is 3.64. The van der Waals surface area contributed by atoms with E-state index in [0.29, 0.717) is 13.0 Å². The minimum absolute atomic E-state index is 0.566. The highest BCUT2D eigenvalue weighted by Crippen LogP contribution is 2.36. The third-order valence-corrected chi connectivity index (χ3v) is 2.75. The lowest BCUT2D eigenvalue weighted by Crippen LogP contribution is -2.44. The van der Waals surface area contributed by atoms with Gasteiger partial charge in [-0.25, -0.2) is 0 Å². The number of ether oxygens (including phenoxy) is 1. The zero-order valence-electron chi connectivity index (χ0n) is 8.79. The fourth-order valence-electron chi connectivity index (χ4n) is 2.03. The minimum Gasteiger partial charge on any atom is -0.493 e. The van der Waals surface area contributed by atoms with Crippen molar-refractivity contribution in [3.8, 4) is 11.8 Å². The average Bonchev–Trinajstić information content (AvgIpc) is 2.30. The van der Waals surface area contributed by atoms with Gasteiger partial charge in [-0.1, -0.05) is 25.1 Å². The van der Waals surface area contributed by atoms with Crippen molar-refractivity contribution in [1.29, 1.82) is 5.26 Å².